The number of hydrogen-bond donors (Lipinski definition) is 2. The first-order valence-corrected chi connectivity index (χ1v) is 7.24. The molecule has 0 radical (unpaired) electrons. The fourth-order valence-corrected chi connectivity index (χ4v) is 2.52. The minimum Gasteiger partial charge on any atom is -0.388 e. The number of aliphatic hydroxyl groups excluding tert-OH is 2. The Labute approximate surface area is 128 Å². The standard InChI is InChI=1S/C15H18N4O3/c1-4-5-6-10-17-8(2)11-14(18-10)19(7-16-11)15-13(21)12(20)9(3)22-15/h7,9,12-13,15,20-21H,4H2,1-3H3. The average molecular weight is 302 g/mol. The van der Waals surface area contributed by atoms with Gasteiger partial charge in [0.2, 0.25) is 5.82 Å². The van der Waals surface area contributed by atoms with Gasteiger partial charge >= 0.3 is 0 Å². The monoisotopic (exact) mass is 302 g/mol. The average Bonchev–Trinajstić information content (AvgIpc) is 3.02. The molecule has 7 heteroatoms. The highest BCUT2D eigenvalue weighted by Crippen LogP contribution is 2.31. The Balaban J connectivity index is 2.09. The molecule has 0 spiro atoms. The molecule has 4 unspecified atom stereocenters. The van der Waals surface area contributed by atoms with Crippen LogP contribution in [-0.4, -0.2) is 48.0 Å². The molecular formula is C15H18N4O3. The zero-order valence-electron chi connectivity index (χ0n) is 12.7. The highest BCUT2D eigenvalue weighted by molar-refractivity contribution is 5.73. The van der Waals surface area contributed by atoms with Crippen LogP contribution in [0.4, 0.5) is 0 Å². The van der Waals surface area contributed by atoms with E-state index in [2.05, 4.69) is 26.8 Å². The van der Waals surface area contributed by atoms with Gasteiger partial charge in [0.05, 0.1) is 18.1 Å². The Morgan fingerprint density at radius 1 is 1.32 bits per heavy atom. The Morgan fingerprint density at radius 2 is 2.09 bits per heavy atom. The molecule has 0 aromatic carbocycles. The van der Waals surface area contributed by atoms with Crippen LogP contribution in [0.1, 0.15) is 38.0 Å². The quantitative estimate of drug-likeness (QED) is 0.747. The highest BCUT2D eigenvalue weighted by atomic mass is 16.6. The van der Waals surface area contributed by atoms with Gasteiger partial charge in [-0.2, -0.15) is 0 Å². The lowest BCUT2D eigenvalue weighted by molar-refractivity contribution is -0.0299. The third-order valence-corrected chi connectivity index (χ3v) is 3.72. The van der Waals surface area contributed by atoms with Gasteiger partial charge in [0.25, 0.3) is 0 Å². The number of nitrogens with zero attached hydrogens (tertiary/aromatic N) is 4. The maximum Gasteiger partial charge on any atom is 0.207 e. The fraction of sp³-hybridized carbons (Fsp3) is 0.533. The van der Waals surface area contributed by atoms with Crippen LogP contribution in [0.3, 0.4) is 0 Å². The van der Waals surface area contributed by atoms with Crippen molar-refractivity contribution in [1.82, 2.24) is 19.5 Å². The van der Waals surface area contributed by atoms with Crippen LogP contribution in [-0.2, 0) is 4.74 Å². The topological polar surface area (TPSA) is 93.3 Å². The third-order valence-electron chi connectivity index (χ3n) is 3.72. The molecule has 2 aromatic heterocycles. The summed E-state index contributed by atoms with van der Waals surface area (Å²) in [5, 5.41) is 20.0. The van der Waals surface area contributed by atoms with Crippen molar-refractivity contribution in [2.75, 3.05) is 0 Å². The third kappa shape index (κ3) is 2.35. The summed E-state index contributed by atoms with van der Waals surface area (Å²) < 4.78 is 7.25. The van der Waals surface area contributed by atoms with Gasteiger partial charge in [-0.3, -0.25) is 4.57 Å². The Kier molecular flexibility index (Phi) is 3.83. The second-order valence-corrected chi connectivity index (χ2v) is 5.32. The highest BCUT2D eigenvalue weighted by Gasteiger charge is 2.42. The van der Waals surface area contributed by atoms with Crippen molar-refractivity contribution in [3.8, 4) is 11.8 Å². The summed E-state index contributed by atoms with van der Waals surface area (Å²) in [5.74, 6) is 6.24. The van der Waals surface area contributed by atoms with Crippen LogP contribution < -0.4 is 0 Å². The summed E-state index contributed by atoms with van der Waals surface area (Å²) in [5.41, 5.74) is 1.88. The molecule has 1 fully saturated rings. The second-order valence-electron chi connectivity index (χ2n) is 5.32. The van der Waals surface area contributed by atoms with Crippen LogP contribution in [0.25, 0.3) is 11.2 Å². The van der Waals surface area contributed by atoms with E-state index in [1.807, 2.05) is 13.8 Å². The molecule has 3 rings (SSSR count). The first-order chi connectivity index (χ1) is 10.5. The molecule has 0 aliphatic carbocycles. The van der Waals surface area contributed by atoms with Gasteiger partial charge in [0, 0.05) is 6.42 Å². The van der Waals surface area contributed by atoms with Gasteiger partial charge < -0.3 is 14.9 Å². The van der Waals surface area contributed by atoms with Gasteiger partial charge in [0.1, 0.15) is 17.7 Å². The number of fused-ring (bicyclic) bond motifs is 1. The van der Waals surface area contributed by atoms with E-state index in [0.29, 0.717) is 29.1 Å². The molecule has 1 aliphatic heterocycles. The first kappa shape index (κ1) is 14.9. The van der Waals surface area contributed by atoms with Crippen molar-refractivity contribution < 1.29 is 14.9 Å². The van der Waals surface area contributed by atoms with E-state index in [9.17, 15) is 10.2 Å². The molecule has 0 bridgehead atoms. The molecule has 2 aromatic rings. The zero-order valence-corrected chi connectivity index (χ0v) is 12.7. The molecule has 1 aliphatic rings. The Bertz CT molecular complexity index is 761. The maximum absolute atomic E-state index is 10.1. The summed E-state index contributed by atoms with van der Waals surface area (Å²) in [6.07, 6.45) is -0.899. The van der Waals surface area contributed by atoms with Gasteiger partial charge in [-0.25, -0.2) is 15.0 Å². The molecular weight excluding hydrogens is 284 g/mol. The zero-order chi connectivity index (χ0) is 15.9. The van der Waals surface area contributed by atoms with Crippen LogP contribution in [0.15, 0.2) is 6.33 Å². The second kappa shape index (κ2) is 5.65. The molecule has 22 heavy (non-hydrogen) atoms. The molecule has 3 heterocycles. The maximum atomic E-state index is 10.1. The molecule has 7 nitrogen and oxygen atoms in total. The van der Waals surface area contributed by atoms with Crippen LogP contribution in [0, 0.1) is 18.8 Å². The van der Waals surface area contributed by atoms with Crippen LogP contribution >= 0.6 is 0 Å². The molecule has 0 saturated carbocycles. The van der Waals surface area contributed by atoms with Crippen molar-refractivity contribution in [2.24, 2.45) is 0 Å². The van der Waals surface area contributed by atoms with Gasteiger partial charge in [0.15, 0.2) is 11.9 Å². The molecule has 1 saturated heterocycles. The van der Waals surface area contributed by atoms with Gasteiger partial charge in [-0.1, -0.05) is 12.8 Å². The van der Waals surface area contributed by atoms with Crippen molar-refractivity contribution in [2.45, 2.75) is 51.7 Å². The van der Waals surface area contributed by atoms with E-state index in [4.69, 9.17) is 4.74 Å². The number of aryl methyl sites for hydroxylation is 1. The predicted molar refractivity (Wildman–Crippen MR) is 78.8 cm³/mol. The lowest BCUT2D eigenvalue weighted by Crippen LogP contribution is -2.30. The van der Waals surface area contributed by atoms with E-state index in [-0.39, 0.29) is 0 Å². The summed E-state index contributed by atoms with van der Waals surface area (Å²) in [6, 6.07) is 0. The molecule has 4 atom stereocenters. The van der Waals surface area contributed by atoms with Crippen molar-refractivity contribution in [3.63, 3.8) is 0 Å². The number of aromatic nitrogens is 4. The van der Waals surface area contributed by atoms with Crippen molar-refractivity contribution >= 4 is 11.2 Å². The van der Waals surface area contributed by atoms with Crippen LogP contribution in [0.5, 0.6) is 0 Å². The smallest absolute Gasteiger partial charge is 0.207 e. The van der Waals surface area contributed by atoms with E-state index < -0.39 is 24.5 Å². The van der Waals surface area contributed by atoms with Crippen molar-refractivity contribution in [1.29, 1.82) is 0 Å². The summed E-state index contributed by atoms with van der Waals surface area (Å²) in [4.78, 5) is 13.0. The number of rotatable bonds is 1. The van der Waals surface area contributed by atoms with Gasteiger partial charge in [-0.05, 0) is 19.8 Å². The Hall–Kier alpha value is -2.01. The molecule has 2 N–H and O–H groups in total. The van der Waals surface area contributed by atoms with E-state index in [0.717, 1.165) is 0 Å². The number of hydrogen-bond acceptors (Lipinski definition) is 6. The molecule has 0 amide bonds. The fourth-order valence-electron chi connectivity index (χ4n) is 2.52. The van der Waals surface area contributed by atoms with Gasteiger partial charge in [-0.15, -0.1) is 0 Å². The van der Waals surface area contributed by atoms with Crippen molar-refractivity contribution in [3.05, 3.63) is 17.8 Å². The van der Waals surface area contributed by atoms with E-state index in [1.165, 1.54) is 0 Å². The number of aliphatic hydroxyl groups is 2. The summed E-state index contributed by atoms with van der Waals surface area (Å²) >= 11 is 0. The number of ether oxygens (including phenoxy) is 1. The minimum atomic E-state index is -1.03. The first-order valence-electron chi connectivity index (χ1n) is 7.24. The summed E-state index contributed by atoms with van der Waals surface area (Å²) in [7, 11) is 0. The Morgan fingerprint density at radius 3 is 2.73 bits per heavy atom. The lowest BCUT2D eigenvalue weighted by atomic mass is 10.1. The van der Waals surface area contributed by atoms with E-state index >= 15 is 0 Å². The van der Waals surface area contributed by atoms with Crippen LogP contribution in [0.2, 0.25) is 0 Å². The number of imidazole rings is 1. The SMILES string of the molecule is CCC#Cc1nc(C)c2ncn(C3OC(C)C(O)C3O)c2n1. The van der Waals surface area contributed by atoms with E-state index in [1.54, 1.807) is 17.8 Å². The summed E-state index contributed by atoms with van der Waals surface area (Å²) in [6.45, 7) is 5.50. The molecule has 116 valence electrons. The predicted octanol–water partition coefficient (Wildman–Crippen LogP) is 0.535. The largest absolute Gasteiger partial charge is 0.388 e. The lowest BCUT2D eigenvalue weighted by Gasteiger charge is -2.16. The minimum absolute atomic E-state index is 0.412. The normalized spacial score (nSPS) is 27.9.